The van der Waals surface area contributed by atoms with E-state index in [-0.39, 0.29) is 0 Å². The summed E-state index contributed by atoms with van der Waals surface area (Å²) in [5.74, 6) is 0. The Morgan fingerprint density at radius 1 is 0.500 bits per heavy atom. The van der Waals surface area contributed by atoms with Crippen LogP contribution >= 0.6 is 0 Å². The first-order chi connectivity index (χ1) is 6.00. The van der Waals surface area contributed by atoms with Gasteiger partial charge in [-0.25, -0.2) is 0 Å². The molecular weight excluding hydrogens is 144 g/mol. The largest absolute Gasteiger partial charge is 0.0885 e. The predicted molar refractivity (Wildman–Crippen MR) is 55.1 cm³/mol. The van der Waals surface area contributed by atoms with E-state index in [4.69, 9.17) is 0 Å². The minimum Gasteiger partial charge on any atom is -0.0885 e. The summed E-state index contributed by atoms with van der Waals surface area (Å²) in [6.45, 7) is 0. The highest BCUT2D eigenvalue weighted by Gasteiger charge is 1.84. The lowest BCUT2D eigenvalue weighted by atomic mass is 10.1. The Bertz CT molecular complexity index is 172. The molecule has 0 atom stereocenters. The maximum atomic E-state index is 2.32. The molecule has 0 aliphatic heterocycles. The van der Waals surface area contributed by atoms with Crippen molar-refractivity contribution < 1.29 is 0 Å². The highest BCUT2D eigenvalue weighted by atomic mass is 13.9. The first-order valence-electron chi connectivity index (χ1n) is 4.97. The van der Waals surface area contributed by atoms with Crippen molar-refractivity contribution in [2.45, 2.75) is 38.5 Å². The third kappa shape index (κ3) is 4.95. The van der Waals surface area contributed by atoms with E-state index in [2.05, 4.69) is 36.5 Å². The van der Waals surface area contributed by atoms with Crippen LogP contribution in [0.25, 0.3) is 0 Å². The lowest BCUT2D eigenvalue weighted by molar-refractivity contribution is 0.760. The Balaban J connectivity index is 2.31. The molecule has 0 saturated carbocycles. The standard InChI is InChI=1S/C12H18/c1-2-4-6-8-10-12-11-9-7-5-3-1/h1-4,9,11H,5-8,10,12H2/b3-1-,4-2-,11-9-. The number of hydrogen-bond acceptors (Lipinski definition) is 0. The van der Waals surface area contributed by atoms with Gasteiger partial charge in [0.1, 0.15) is 0 Å². The quantitative estimate of drug-likeness (QED) is 0.472. The zero-order valence-electron chi connectivity index (χ0n) is 7.71. The third-order valence-corrected chi connectivity index (χ3v) is 2.04. The van der Waals surface area contributed by atoms with Crippen LogP contribution in [0.5, 0.6) is 0 Å². The van der Waals surface area contributed by atoms with E-state index in [9.17, 15) is 0 Å². The van der Waals surface area contributed by atoms with Crippen molar-refractivity contribution in [3.8, 4) is 0 Å². The van der Waals surface area contributed by atoms with Gasteiger partial charge in [-0.2, -0.15) is 0 Å². The Labute approximate surface area is 75.7 Å². The van der Waals surface area contributed by atoms with Gasteiger partial charge in [-0.1, -0.05) is 36.5 Å². The van der Waals surface area contributed by atoms with E-state index in [0.29, 0.717) is 0 Å². The second-order valence-corrected chi connectivity index (χ2v) is 3.19. The fourth-order valence-corrected chi connectivity index (χ4v) is 1.30. The summed E-state index contributed by atoms with van der Waals surface area (Å²) in [5.41, 5.74) is 0. The predicted octanol–water partition coefficient (Wildman–Crippen LogP) is 4.01. The molecule has 1 aliphatic carbocycles. The molecule has 0 aromatic heterocycles. The van der Waals surface area contributed by atoms with Gasteiger partial charge in [0.2, 0.25) is 0 Å². The van der Waals surface area contributed by atoms with Crippen LogP contribution in [0.1, 0.15) is 38.5 Å². The second-order valence-electron chi connectivity index (χ2n) is 3.19. The summed E-state index contributed by atoms with van der Waals surface area (Å²) in [4.78, 5) is 0. The average molecular weight is 162 g/mol. The second kappa shape index (κ2) is 6.90. The topological polar surface area (TPSA) is 0 Å². The van der Waals surface area contributed by atoms with Gasteiger partial charge < -0.3 is 0 Å². The van der Waals surface area contributed by atoms with Crippen LogP contribution in [0, 0.1) is 0 Å². The monoisotopic (exact) mass is 162 g/mol. The summed E-state index contributed by atoms with van der Waals surface area (Å²) in [5, 5.41) is 0. The van der Waals surface area contributed by atoms with Crippen LogP contribution < -0.4 is 0 Å². The Hall–Kier alpha value is -0.780. The van der Waals surface area contributed by atoms with E-state index < -0.39 is 0 Å². The van der Waals surface area contributed by atoms with Gasteiger partial charge in [0, 0.05) is 0 Å². The Kier molecular flexibility index (Phi) is 5.35. The van der Waals surface area contributed by atoms with Crippen LogP contribution in [-0.4, -0.2) is 0 Å². The van der Waals surface area contributed by atoms with Gasteiger partial charge >= 0.3 is 0 Å². The summed E-state index contributed by atoms with van der Waals surface area (Å²) < 4.78 is 0. The van der Waals surface area contributed by atoms with Gasteiger partial charge in [0.15, 0.2) is 0 Å². The van der Waals surface area contributed by atoms with Crippen LogP contribution in [0.4, 0.5) is 0 Å². The van der Waals surface area contributed by atoms with Crippen LogP contribution in [0.2, 0.25) is 0 Å². The molecule has 12 heavy (non-hydrogen) atoms. The van der Waals surface area contributed by atoms with Crippen molar-refractivity contribution in [1.29, 1.82) is 0 Å². The maximum Gasteiger partial charge on any atom is -0.0313 e. The first kappa shape index (κ1) is 9.31. The molecule has 0 aromatic carbocycles. The zero-order valence-corrected chi connectivity index (χ0v) is 7.71. The van der Waals surface area contributed by atoms with E-state index in [0.717, 1.165) is 0 Å². The molecule has 0 bridgehead atoms. The molecule has 0 unspecified atom stereocenters. The van der Waals surface area contributed by atoms with Crippen molar-refractivity contribution >= 4 is 0 Å². The number of rotatable bonds is 0. The normalized spacial score (nSPS) is 28.0. The average Bonchev–Trinajstić information content (AvgIpc) is 2.05. The molecular formula is C12H18. The van der Waals surface area contributed by atoms with Crippen molar-refractivity contribution in [2.75, 3.05) is 0 Å². The highest BCUT2D eigenvalue weighted by Crippen LogP contribution is 2.04. The Morgan fingerprint density at radius 2 is 1.00 bits per heavy atom. The van der Waals surface area contributed by atoms with Gasteiger partial charge in [0.25, 0.3) is 0 Å². The van der Waals surface area contributed by atoms with E-state index in [1.807, 2.05) is 0 Å². The number of hydrogen-bond donors (Lipinski definition) is 0. The fraction of sp³-hybridized carbons (Fsp3) is 0.500. The van der Waals surface area contributed by atoms with Crippen LogP contribution in [0.15, 0.2) is 36.5 Å². The minimum atomic E-state index is 1.18. The van der Waals surface area contributed by atoms with E-state index in [1.54, 1.807) is 0 Å². The molecule has 0 fully saturated rings. The molecule has 1 aliphatic rings. The van der Waals surface area contributed by atoms with Crippen LogP contribution in [0.3, 0.4) is 0 Å². The van der Waals surface area contributed by atoms with Crippen molar-refractivity contribution in [3.05, 3.63) is 36.5 Å². The van der Waals surface area contributed by atoms with E-state index in [1.165, 1.54) is 38.5 Å². The molecule has 0 amide bonds. The molecule has 0 saturated heterocycles. The van der Waals surface area contributed by atoms with Crippen molar-refractivity contribution in [1.82, 2.24) is 0 Å². The van der Waals surface area contributed by atoms with Gasteiger partial charge in [-0.3, -0.25) is 0 Å². The molecule has 0 spiro atoms. The summed E-state index contributed by atoms with van der Waals surface area (Å²) >= 11 is 0. The summed E-state index contributed by atoms with van der Waals surface area (Å²) in [6, 6.07) is 0. The maximum absolute atomic E-state index is 2.32. The first-order valence-corrected chi connectivity index (χ1v) is 4.97. The highest BCUT2D eigenvalue weighted by molar-refractivity contribution is 5.03. The smallest absolute Gasteiger partial charge is 0.0313 e. The van der Waals surface area contributed by atoms with Crippen LogP contribution in [-0.2, 0) is 0 Å². The van der Waals surface area contributed by atoms with Crippen molar-refractivity contribution in [2.24, 2.45) is 0 Å². The molecule has 0 aromatic rings. The van der Waals surface area contributed by atoms with Gasteiger partial charge in [-0.05, 0) is 38.5 Å². The molecule has 0 heteroatoms. The minimum absolute atomic E-state index is 1.18. The Morgan fingerprint density at radius 3 is 1.83 bits per heavy atom. The van der Waals surface area contributed by atoms with Gasteiger partial charge in [-0.15, -0.1) is 0 Å². The third-order valence-electron chi connectivity index (χ3n) is 2.04. The SMILES string of the molecule is C1=C\CC/C=C\CCCC\C=C/1. The molecule has 0 N–H and O–H groups in total. The fourth-order valence-electron chi connectivity index (χ4n) is 1.30. The lowest BCUT2D eigenvalue weighted by Gasteiger charge is -1.94. The molecule has 0 nitrogen and oxygen atoms in total. The molecule has 66 valence electrons. The molecule has 0 radical (unpaired) electrons. The summed E-state index contributed by atoms with van der Waals surface area (Å²) in [7, 11) is 0. The van der Waals surface area contributed by atoms with E-state index >= 15 is 0 Å². The zero-order chi connectivity index (χ0) is 8.49. The van der Waals surface area contributed by atoms with Crippen molar-refractivity contribution in [3.63, 3.8) is 0 Å². The molecule has 0 heterocycles. The summed E-state index contributed by atoms with van der Waals surface area (Å²) in [6.07, 6.45) is 21.0. The lowest BCUT2D eigenvalue weighted by Crippen LogP contribution is -1.74. The molecule has 1 rings (SSSR count). The number of allylic oxidation sites excluding steroid dienone is 6. The van der Waals surface area contributed by atoms with Gasteiger partial charge in [0.05, 0.1) is 0 Å².